The molecule has 0 bridgehead atoms. The summed E-state index contributed by atoms with van der Waals surface area (Å²) in [4.78, 5) is 0. The Balaban J connectivity index is 4.20. The zero-order valence-corrected chi connectivity index (χ0v) is 10.4. The molecule has 80 valence electrons. The fourth-order valence-electron chi connectivity index (χ4n) is 2.56. The van der Waals surface area contributed by atoms with Crippen LogP contribution in [-0.4, -0.2) is 12.1 Å². The highest BCUT2D eigenvalue weighted by Gasteiger charge is 2.23. The van der Waals surface area contributed by atoms with Gasteiger partial charge in [0.15, 0.2) is 0 Å². The fourth-order valence-corrected chi connectivity index (χ4v) is 2.56. The van der Waals surface area contributed by atoms with Crippen LogP contribution in [0.2, 0.25) is 0 Å². The summed E-state index contributed by atoms with van der Waals surface area (Å²) < 4.78 is 0. The Bertz CT molecular complexity index is 119. The molecule has 0 aliphatic carbocycles. The third-order valence-electron chi connectivity index (χ3n) is 2.71. The molecule has 0 aliphatic heterocycles. The van der Waals surface area contributed by atoms with Gasteiger partial charge in [-0.25, -0.2) is 0 Å². The van der Waals surface area contributed by atoms with E-state index < -0.39 is 0 Å². The Morgan fingerprint density at radius 3 is 1.31 bits per heavy atom. The molecule has 0 fully saturated rings. The lowest BCUT2D eigenvalue weighted by Crippen LogP contribution is -2.42. The van der Waals surface area contributed by atoms with E-state index in [4.69, 9.17) is 0 Å². The van der Waals surface area contributed by atoms with Crippen LogP contribution in [0.15, 0.2) is 0 Å². The van der Waals surface area contributed by atoms with E-state index in [1.165, 1.54) is 0 Å². The van der Waals surface area contributed by atoms with E-state index in [-0.39, 0.29) is 0 Å². The van der Waals surface area contributed by atoms with Gasteiger partial charge in [-0.1, -0.05) is 41.5 Å². The highest BCUT2D eigenvalue weighted by atomic mass is 14.9. The molecule has 0 heterocycles. The van der Waals surface area contributed by atoms with Crippen LogP contribution in [0.3, 0.4) is 0 Å². The summed E-state index contributed by atoms with van der Waals surface area (Å²) in [5, 5.41) is 3.61. The molecular weight excluding hydrogens is 158 g/mol. The van der Waals surface area contributed by atoms with Crippen LogP contribution in [0.1, 0.15) is 48.5 Å². The first-order chi connectivity index (χ1) is 5.86. The molecule has 0 aromatic carbocycles. The van der Waals surface area contributed by atoms with Gasteiger partial charge < -0.3 is 5.32 Å². The Morgan fingerprint density at radius 1 is 0.692 bits per heavy atom. The maximum Gasteiger partial charge on any atom is 0.00742 e. The lowest BCUT2D eigenvalue weighted by molar-refractivity contribution is 0.212. The van der Waals surface area contributed by atoms with E-state index in [1.807, 2.05) is 0 Å². The lowest BCUT2D eigenvalue weighted by atomic mass is 9.80. The van der Waals surface area contributed by atoms with Crippen molar-refractivity contribution < 1.29 is 0 Å². The van der Waals surface area contributed by atoms with Gasteiger partial charge in [-0.2, -0.15) is 0 Å². The van der Waals surface area contributed by atoms with Gasteiger partial charge in [0.1, 0.15) is 0 Å². The molecule has 1 heteroatoms. The van der Waals surface area contributed by atoms with Gasteiger partial charge in [-0.3, -0.25) is 0 Å². The zero-order chi connectivity index (χ0) is 10.6. The van der Waals surface area contributed by atoms with Crippen LogP contribution in [0.5, 0.6) is 0 Å². The Labute approximate surface area is 84.3 Å². The number of hydrogen-bond acceptors (Lipinski definition) is 1. The summed E-state index contributed by atoms with van der Waals surface area (Å²) >= 11 is 0. The molecule has 13 heavy (non-hydrogen) atoms. The molecule has 0 aromatic rings. The molecule has 0 saturated carbocycles. The van der Waals surface area contributed by atoms with Gasteiger partial charge >= 0.3 is 0 Å². The first-order valence-corrected chi connectivity index (χ1v) is 5.62. The Morgan fingerprint density at radius 2 is 1.08 bits per heavy atom. The first kappa shape index (κ1) is 13.0. The normalized spacial score (nSPS) is 15.0. The molecule has 1 unspecified atom stereocenters. The third-order valence-corrected chi connectivity index (χ3v) is 2.71. The van der Waals surface area contributed by atoms with Gasteiger partial charge in [0, 0.05) is 12.1 Å². The third kappa shape index (κ3) is 4.66. The molecule has 1 nitrogen and oxygen atoms in total. The minimum Gasteiger partial charge on any atom is -0.312 e. The summed E-state index contributed by atoms with van der Waals surface area (Å²) in [7, 11) is 0. The summed E-state index contributed by atoms with van der Waals surface area (Å²) in [5.41, 5.74) is 0. The van der Waals surface area contributed by atoms with E-state index in [2.05, 4.69) is 53.8 Å². The van der Waals surface area contributed by atoms with Crippen molar-refractivity contribution in [3.8, 4) is 0 Å². The van der Waals surface area contributed by atoms with Crippen molar-refractivity contribution in [2.24, 2.45) is 17.8 Å². The van der Waals surface area contributed by atoms with Gasteiger partial charge in [0.2, 0.25) is 0 Å². The smallest absolute Gasteiger partial charge is 0.00742 e. The molecule has 0 aromatic heterocycles. The molecule has 0 spiro atoms. The monoisotopic (exact) mass is 185 g/mol. The van der Waals surface area contributed by atoms with Crippen molar-refractivity contribution in [2.75, 3.05) is 0 Å². The second-order valence-corrected chi connectivity index (χ2v) is 5.18. The van der Waals surface area contributed by atoms with Crippen molar-refractivity contribution in [1.29, 1.82) is 0 Å². The van der Waals surface area contributed by atoms with E-state index in [9.17, 15) is 0 Å². The van der Waals surface area contributed by atoms with E-state index in [0.29, 0.717) is 12.1 Å². The summed E-state index contributed by atoms with van der Waals surface area (Å²) in [5.74, 6) is 2.31. The number of hydrogen-bond donors (Lipinski definition) is 1. The molecule has 0 radical (unpaired) electrons. The van der Waals surface area contributed by atoms with Crippen LogP contribution >= 0.6 is 0 Å². The summed E-state index contributed by atoms with van der Waals surface area (Å²) in [6.45, 7) is 16.0. The molecular formula is C12H27N. The Hall–Kier alpha value is -0.0400. The first-order valence-electron chi connectivity index (χ1n) is 5.62. The van der Waals surface area contributed by atoms with E-state index >= 15 is 0 Å². The average Bonchev–Trinajstić information content (AvgIpc) is 1.81. The van der Waals surface area contributed by atoms with Crippen molar-refractivity contribution in [3.63, 3.8) is 0 Å². The average molecular weight is 185 g/mol. The van der Waals surface area contributed by atoms with Crippen molar-refractivity contribution in [2.45, 2.75) is 60.5 Å². The van der Waals surface area contributed by atoms with Crippen molar-refractivity contribution >= 4 is 0 Å². The molecule has 0 rings (SSSR count). The van der Waals surface area contributed by atoms with E-state index in [0.717, 1.165) is 17.8 Å². The Kier molecular flexibility index (Phi) is 5.62. The minimum atomic E-state index is 0.593. The summed E-state index contributed by atoms with van der Waals surface area (Å²) in [6, 6.07) is 1.22. The quantitative estimate of drug-likeness (QED) is 0.693. The number of nitrogens with one attached hydrogen (secondary N) is 1. The maximum atomic E-state index is 3.61. The van der Waals surface area contributed by atoms with Crippen molar-refractivity contribution in [3.05, 3.63) is 0 Å². The molecule has 0 amide bonds. The van der Waals surface area contributed by atoms with Crippen LogP contribution in [-0.2, 0) is 0 Å². The van der Waals surface area contributed by atoms with E-state index in [1.54, 1.807) is 0 Å². The van der Waals surface area contributed by atoms with Gasteiger partial charge in [0.25, 0.3) is 0 Å². The second-order valence-electron chi connectivity index (χ2n) is 5.18. The fraction of sp³-hybridized carbons (Fsp3) is 1.00. The van der Waals surface area contributed by atoms with Gasteiger partial charge in [-0.15, -0.1) is 0 Å². The predicted octanol–water partition coefficient (Wildman–Crippen LogP) is 3.30. The van der Waals surface area contributed by atoms with Crippen LogP contribution in [0.25, 0.3) is 0 Å². The molecule has 1 atom stereocenters. The van der Waals surface area contributed by atoms with Gasteiger partial charge in [0.05, 0.1) is 0 Å². The minimum absolute atomic E-state index is 0.593. The van der Waals surface area contributed by atoms with Gasteiger partial charge in [-0.05, 0) is 24.7 Å². The largest absolute Gasteiger partial charge is 0.312 e. The number of rotatable bonds is 5. The molecule has 0 saturated heterocycles. The zero-order valence-electron chi connectivity index (χ0n) is 10.4. The van der Waals surface area contributed by atoms with Crippen LogP contribution < -0.4 is 5.32 Å². The lowest BCUT2D eigenvalue weighted by Gasteiger charge is -2.33. The molecule has 1 N–H and O–H groups in total. The van der Waals surface area contributed by atoms with Crippen molar-refractivity contribution in [1.82, 2.24) is 5.32 Å². The second kappa shape index (κ2) is 5.64. The summed E-state index contributed by atoms with van der Waals surface area (Å²) in [6.07, 6.45) is 0. The highest BCUT2D eigenvalue weighted by Crippen LogP contribution is 2.24. The molecule has 0 aliphatic rings. The highest BCUT2D eigenvalue weighted by molar-refractivity contribution is 4.78. The standard InChI is InChI=1S/C12H27N/c1-8(2)12(9(3)4)11(7)13-10(5)6/h8-13H,1-7H3. The maximum absolute atomic E-state index is 3.61. The predicted molar refractivity (Wildman–Crippen MR) is 60.9 cm³/mol. The topological polar surface area (TPSA) is 12.0 Å². The van der Waals surface area contributed by atoms with Crippen LogP contribution in [0, 0.1) is 17.8 Å². The van der Waals surface area contributed by atoms with Crippen LogP contribution in [0.4, 0.5) is 0 Å². The SMILES string of the molecule is CC(C)NC(C)C(C(C)C)C(C)C.